The van der Waals surface area contributed by atoms with Crippen LogP contribution in [0.15, 0.2) is 17.6 Å². The predicted molar refractivity (Wildman–Crippen MR) is 84.6 cm³/mol. The van der Waals surface area contributed by atoms with Gasteiger partial charge in [-0.1, -0.05) is 0 Å². The standard InChI is InChI=1S/C15H22FN3O4S/c1-15(2,3)23-14(20)19-7-5-4-6-12(19)10-24(21,22)13-17-8-11(16)9-18-13/h8-9,12H,4-7,10H2,1-3H3/t12-/m0/s1. The molecule has 1 atom stereocenters. The van der Waals surface area contributed by atoms with E-state index in [4.69, 9.17) is 4.74 Å². The quantitative estimate of drug-likeness (QED) is 0.769. The van der Waals surface area contributed by atoms with Crippen molar-refractivity contribution in [3.63, 3.8) is 0 Å². The second-order valence-electron chi connectivity index (χ2n) is 6.79. The molecular weight excluding hydrogens is 337 g/mol. The van der Waals surface area contributed by atoms with Crippen LogP contribution in [0.25, 0.3) is 0 Å². The number of sulfone groups is 1. The van der Waals surface area contributed by atoms with Gasteiger partial charge >= 0.3 is 6.09 Å². The van der Waals surface area contributed by atoms with E-state index < -0.39 is 38.5 Å². The SMILES string of the molecule is CC(C)(C)OC(=O)N1CCCC[C@H]1CS(=O)(=O)c1ncc(F)cn1. The van der Waals surface area contributed by atoms with E-state index in [-0.39, 0.29) is 5.75 Å². The van der Waals surface area contributed by atoms with Crippen molar-refractivity contribution >= 4 is 15.9 Å². The number of ether oxygens (including phenoxy) is 1. The zero-order chi connectivity index (χ0) is 18.0. The maximum absolute atomic E-state index is 12.9. The number of hydrogen-bond acceptors (Lipinski definition) is 6. The topological polar surface area (TPSA) is 89.5 Å². The third kappa shape index (κ3) is 4.86. The minimum Gasteiger partial charge on any atom is -0.444 e. The Morgan fingerprint density at radius 3 is 2.54 bits per heavy atom. The van der Waals surface area contributed by atoms with Crippen LogP contribution in [-0.4, -0.2) is 53.3 Å². The van der Waals surface area contributed by atoms with Gasteiger partial charge in [-0.25, -0.2) is 27.6 Å². The molecule has 0 spiro atoms. The lowest BCUT2D eigenvalue weighted by Crippen LogP contribution is -2.49. The van der Waals surface area contributed by atoms with Crippen molar-refractivity contribution in [3.8, 4) is 0 Å². The molecule has 1 saturated heterocycles. The summed E-state index contributed by atoms with van der Waals surface area (Å²) in [4.78, 5) is 20.8. The van der Waals surface area contributed by atoms with Crippen molar-refractivity contribution in [2.75, 3.05) is 12.3 Å². The van der Waals surface area contributed by atoms with Crippen LogP contribution in [0.4, 0.5) is 9.18 Å². The normalized spacial score (nSPS) is 19.2. The first-order valence-corrected chi connectivity index (χ1v) is 9.44. The molecule has 0 aromatic carbocycles. The summed E-state index contributed by atoms with van der Waals surface area (Å²) < 4.78 is 43.1. The molecule has 7 nitrogen and oxygen atoms in total. The molecule has 0 bridgehead atoms. The maximum Gasteiger partial charge on any atom is 0.410 e. The number of carbonyl (C=O) groups is 1. The average Bonchev–Trinajstić information content (AvgIpc) is 2.46. The number of amides is 1. The first-order valence-electron chi connectivity index (χ1n) is 7.78. The summed E-state index contributed by atoms with van der Waals surface area (Å²) in [7, 11) is -3.83. The van der Waals surface area contributed by atoms with Gasteiger partial charge in [-0.05, 0) is 40.0 Å². The van der Waals surface area contributed by atoms with Crippen molar-refractivity contribution in [2.45, 2.75) is 56.8 Å². The van der Waals surface area contributed by atoms with Gasteiger partial charge in [-0.2, -0.15) is 0 Å². The largest absolute Gasteiger partial charge is 0.444 e. The van der Waals surface area contributed by atoms with Crippen LogP contribution in [0.3, 0.4) is 0 Å². The number of hydrogen-bond donors (Lipinski definition) is 0. The molecule has 1 aliphatic rings. The molecule has 0 saturated carbocycles. The van der Waals surface area contributed by atoms with Crippen LogP contribution in [0, 0.1) is 5.82 Å². The Bertz CT molecular complexity index is 686. The first kappa shape index (κ1) is 18.6. The lowest BCUT2D eigenvalue weighted by molar-refractivity contribution is 0.0124. The number of rotatable bonds is 3. The Morgan fingerprint density at radius 1 is 1.33 bits per heavy atom. The van der Waals surface area contributed by atoms with E-state index >= 15 is 0 Å². The second-order valence-corrected chi connectivity index (χ2v) is 8.72. The van der Waals surface area contributed by atoms with Gasteiger partial charge in [0.15, 0.2) is 5.82 Å². The van der Waals surface area contributed by atoms with Crippen LogP contribution in [0.2, 0.25) is 0 Å². The van der Waals surface area contributed by atoms with Crippen molar-refractivity contribution in [3.05, 3.63) is 18.2 Å². The molecule has 2 rings (SSSR count). The molecule has 24 heavy (non-hydrogen) atoms. The predicted octanol–water partition coefficient (Wildman–Crippen LogP) is 2.18. The number of carbonyl (C=O) groups excluding carboxylic acids is 1. The van der Waals surface area contributed by atoms with Crippen molar-refractivity contribution in [2.24, 2.45) is 0 Å². The number of halogens is 1. The molecule has 1 aromatic rings. The van der Waals surface area contributed by atoms with Crippen LogP contribution < -0.4 is 0 Å². The second kappa shape index (κ2) is 7.00. The smallest absolute Gasteiger partial charge is 0.410 e. The molecule has 0 unspecified atom stereocenters. The van der Waals surface area contributed by atoms with E-state index in [1.54, 1.807) is 20.8 Å². The van der Waals surface area contributed by atoms with Crippen LogP contribution in [0.1, 0.15) is 40.0 Å². The molecule has 2 heterocycles. The summed E-state index contributed by atoms with van der Waals surface area (Å²) in [5.41, 5.74) is -0.655. The molecule has 0 N–H and O–H groups in total. The average molecular weight is 359 g/mol. The van der Waals surface area contributed by atoms with E-state index in [1.807, 2.05) is 0 Å². The summed E-state index contributed by atoms with van der Waals surface area (Å²) in [6, 6.07) is -0.507. The van der Waals surface area contributed by atoms with Crippen molar-refractivity contribution in [1.29, 1.82) is 0 Å². The van der Waals surface area contributed by atoms with Gasteiger partial charge < -0.3 is 9.64 Å². The Morgan fingerprint density at radius 2 is 1.96 bits per heavy atom. The zero-order valence-electron chi connectivity index (χ0n) is 14.0. The van der Waals surface area contributed by atoms with E-state index in [1.165, 1.54) is 4.90 Å². The third-order valence-corrected chi connectivity index (χ3v) is 5.13. The van der Waals surface area contributed by atoms with Gasteiger partial charge in [-0.15, -0.1) is 0 Å². The highest BCUT2D eigenvalue weighted by atomic mass is 32.2. The van der Waals surface area contributed by atoms with Crippen molar-refractivity contribution < 1.29 is 22.3 Å². The number of piperidine rings is 1. The zero-order valence-corrected chi connectivity index (χ0v) is 14.8. The fraction of sp³-hybridized carbons (Fsp3) is 0.667. The molecule has 1 amide bonds. The highest BCUT2D eigenvalue weighted by Gasteiger charge is 2.34. The minimum atomic E-state index is -3.83. The lowest BCUT2D eigenvalue weighted by Gasteiger charge is -2.36. The molecule has 1 aliphatic heterocycles. The summed E-state index contributed by atoms with van der Waals surface area (Å²) in [6.07, 6.45) is 3.27. The summed E-state index contributed by atoms with van der Waals surface area (Å²) in [6.45, 7) is 5.71. The van der Waals surface area contributed by atoms with Crippen LogP contribution >= 0.6 is 0 Å². The molecule has 0 radical (unpaired) electrons. The molecule has 9 heteroatoms. The van der Waals surface area contributed by atoms with Gasteiger partial charge in [0.1, 0.15) is 5.60 Å². The highest BCUT2D eigenvalue weighted by molar-refractivity contribution is 7.91. The fourth-order valence-corrected chi connectivity index (χ4v) is 3.95. The number of nitrogens with zero attached hydrogens (tertiary/aromatic N) is 3. The van der Waals surface area contributed by atoms with Gasteiger partial charge in [0.2, 0.25) is 15.0 Å². The first-order chi connectivity index (χ1) is 11.1. The molecule has 0 aliphatic carbocycles. The molecule has 1 aromatic heterocycles. The van der Waals surface area contributed by atoms with E-state index in [9.17, 15) is 17.6 Å². The summed E-state index contributed by atoms with van der Waals surface area (Å²) in [5.74, 6) is -1.01. The van der Waals surface area contributed by atoms with E-state index in [2.05, 4.69) is 9.97 Å². The molecule has 1 fully saturated rings. The van der Waals surface area contributed by atoms with Crippen LogP contribution in [-0.2, 0) is 14.6 Å². The Labute approximate surface area is 141 Å². The fourth-order valence-electron chi connectivity index (χ4n) is 2.52. The summed E-state index contributed by atoms with van der Waals surface area (Å²) >= 11 is 0. The Balaban J connectivity index is 2.15. The van der Waals surface area contributed by atoms with Gasteiger partial charge in [0.25, 0.3) is 0 Å². The van der Waals surface area contributed by atoms with E-state index in [0.29, 0.717) is 13.0 Å². The molecule has 134 valence electrons. The highest BCUT2D eigenvalue weighted by Crippen LogP contribution is 2.23. The number of likely N-dealkylation sites (tertiary alicyclic amines) is 1. The number of aromatic nitrogens is 2. The Kier molecular flexibility index (Phi) is 5.42. The molecular formula is C15H22FN3O4S. The van der Waals surface area contributed by atoms with Crippen LogP contribution in [0.5, 0.6) is 0 Å². The van der Waals surface area contributed by atoms with Gasteiger partial charge in [-0.3, -0.25) is 0 Å². The third-order valence-electron chi connectivity index (χ3n) is 3.54. The van der Waals surface area contributed by atoms with Gasteiger partial charge in [0, 0.05) is 12.6 Å². The lowest BCUT2D eigenvalue weighted by atomic mass is 10.0. The Hall–Kier alpha value is -1.77. The summed E-state index contributed by atoms with van der Waals surface area (Å²) in [5, 5.41) is -0.432. The van der Waals surface area contributed by atoms with E-state index in [0.717, 1.165) is 25.2 Å². The van der Waals surface area contributed by atoms with Crippen molar-refractivity contribution in [1.82, 2.24) is 14.9 Å². The monoisotopic (exact) mass is 359 g/mol. The maximum atomic E-state index is 12.9. The van der Waals surface area contributed by atoms with Gasteiger partial charge in [0.05, 0.1) is 18.1 Å². The minimum absolute atomic E-state index is 0.308.